The number of hydrogen-bond donors (Lipinski definition) is 0. The Balaban J connectivity index is 1.97. The van der Waals surface area contributed by atoms with Crippen LogP contribution in [0, 0.1) is 0 Å². The van der Waals surface area contributed by atoms with Crippen LogP contribution in [0.5, 0.6) is 5.88 Å². The van der Waals surface area contributed by atoms with E-state index in [1.54, 1.807) is 33.5 Å². The largest absolute Gasteiger partial charge is 0.842 e. The second-order valence-electron chi connectivity index (χ2n) is 6.35. The third-order valence-corrected chi connectivity index (χ3v) is 5.17. The Morgan fingerprint density at radius 3 is 2.69 bits per heavy atom. The van der Waals surface area contributed by atoms with Gasteiger partial charge in [-0.1, -0.05) is 48.0 Å². The predicted molar refractivity (Wildman–Crippen MR) is 97.2 cm³/mol. The highest BCUT2D eigenvalue weighted by Gasteiger charge is 2.36. The van der Waals surface area contributed by atoms with Gasteiger partial charge < -0.3 is 5.11 Å². The van der Waals surface area contributed by atoms with Gasteiger partial charge in [-0.2, -0.15) is 4.57 Å². The van der Waals surface area contributed by atoms with Crippen molar-refractivity contribution in [2.45, 2.75) is 32.4 Å². The van der Waals surface area contributed by atoms with Crippen LogP contribution >= 0.6 is 11.6 Å². The average molecular weight is 368 g/mol. The molecule has 5 nitrogen and oxygen atoms in total. The zero-order valence-corrected chi connectivity index (χ0v) is 15.1. The number of pyridine rings is 1. The Hall–Kier alpha value is -2.66. The number of benzene rings is 1. The van der Waals surface area contributed by atoms with Crippen molar-refractivity contribution in [3.8, 4) is 17.0 Å². The molecule has 1 unspecified atom stereocenters. The minimum atomic E-state index is -0.238. The van der Waals surface area contributed by atoms with Crippen molar-refractivity contribution < 1.29 is 9.67 Å². The maximum Gasteiger partial charge on any atom is 0.345 e. The summed E-state index contributed by atoms with van der Waals surface area (Å²) in [6.07, 6.45) is 3.15. The smallest absolute Gasteiger partial charge is 0.345 e. The molecule has 0 spiro atoms. The first-order valence-electron chi connectivity index (χ1n) is 8.67. The molecule has 0 amide bonds. The van der Waals surface area contributed by atoms with Crippen LogP contribution in [0.15, 0.2) is 53.5 Å². The van der Waals surface area contributed by atoms with Gasteiger partial charge in [-0.15, -0.1) is 0 Å². The predicted octanol–water partition coefficient (Wildman–Crippen LogP) is 2.48. The van der Waals surface area contributed by atoms with E-state index < -0.39 is 0 Å². The Kier molecular flexibility index (Phi) is 4.24. The Bertz CT molecular complexity index is 1010. The summed E-state index contributed by atoms with van der Waals surface area (Å²) in [6, 6.07) is 12.6. The Morgan fingerprint density at radius 2 is 2.04 bits per heavy atom. The quantitative estimate of drug-likeness (QED) is 0.527. The molecule has 0 bridgehead atoms. The van der Waals surface area contributed by atoms with E-state index in [1.807, 2.05) is 31.2 Å². The van der Waals surface area contributed by atoms with E-state index in [0.717, 1.165) is 17.8 Å². The van der Waals surface area contributed by atoms with Crippen molar-refractivity contribution >= 4 is 11.6 Å². The van der Waals surface area contributed by atoms with E-state index in [4.69, 9.17) is 11.6 Å². The van der Waals surface area contributed by atoms with Crippen LogP contribution < -0.4 is 15.2 Å². The van der Waals surface area contributed by atoms with Crippen molar-refractivity contribution in [2.75, 3.05) is 0 Å². The first kappa shape index (κ1) is 16.8. The first-order chi connectivity index (χ1) is 12.6. The number of rotatable bonds is 3. The molecule has 3 heterocycles. The van der Waals surface area contributed by atoms with Crippen LogP contribution in [0.1, 0.15) is 30.8 Å². The molecule has 132 valence electrons. The molecule has 0 saturated heterocycles. The second-order valence-corrected chi connectivity index (χ2v) is 6.74. The molecule has 1 aliphatic rings. The van der Waals surface area contributed by atoms with E-state index in [9.17, 15) is 9.90 Å². The van der Waals surface area contributed by atoms with Crippen molar-refractivity contribution in [2.24, 2.45) is 0 Å². The summed E-state index contributed by atoms with van der Waals surface area (Å²) in [5.74, 6) is 0.562. The van der Waals surface area contributed by atoms with Crippen LogP contribution in [-0.4, -0.2) is 9.55 Å². The lowest BCUT2D eigenvalue weighted by Gasteiger charge is -2.19. The van der Waals surface area contributed by atoms with Gasteiger partial charge in [-0.05, 0) is 18.6 Å². The highest BCUT2D eigenvalue weighted by Crippen LogP contribution is 2.31. The lowest BCUT2D eigenvalue weighted by Crippen LogP contribution is -2.47. The maximum atomic E-state index is 13.3. The van der Waals surface area contributed by atoms with Gasteiger partial charge in [0.2, 0.25) is 0 Å². The third kappa shape index (κ3) is 2.59. The summed E-state index contributed by atoms with van der Waals surface area (Å²) in [4.78, 5) is 17.5. The Labute approximate surface area is 156 Å². The molecule has 0 fully saturated rings. The zero-order valence-electron chi connectivity index (χ0n) is 14.4. The summed E-state index contributed by atoms with van der Waals surface area (Å²) in [6.45, 7) is 2.46. The number of nitrogens with zero attached hydrogens (tertiary/aromatic N) is 3. The minimum absolute atomic E-state index is 0.136. The molecule has 0 N–H and O–H groups in total. The van der Waals surface area contributed by atoms with E-state index in [1.165, 1.54) is 0 Å². The monoisotopic (exact) mass is 367 g/mol. The fourth-order valence-corrected chi connectivity index (χ4v) is 3.87. The fraction of sp³-hybridized carbons (Fsp3) is 0.250. The molecule has 3 aromatic rings. The van der Waals surface area contributed by atoms with Gasteiger partial charge in [0.25, 0.3) is 5.82 Å². The molecule has 0 radical (unpaired) electrons. The first-order valence-corrected chi connectivity index (χ1v) is 9.04. The summed E-state index contributed by atoms with van der Waals surface area (Å²) < 4.78 is 3.48. The summed E-state index contributed by atoms with van der Waals surface area (Å²) in [7, 11) is 0. The second kappa shape index (κ2) is 6.57. The van der Waals surface area contributed by atoms with E-state index in [-0.39, 0.29) is 23.0 Å². The van der Waals surface area contributed by atoms with Gasteiger partial charge in [-0.3, -0.25) is 0 Å². The number of hydrogen-bond acceptors (Lipinski definition) is 3. The van der Waals surface area contributed by atoms with Crippen LogP contribution in [0.2, 0.25) is 5.15 Å². The van der Waals surface area contributed by atoms with Crippen molar-refractivity contribution in [1.82, 2.24) is 9.55 Å². The fourth-order valence-electron chi connectivity index (χ4n) is 3.76. The van der Waals surface area contributed by atoms with Crippen LogP contribution in [-0.2, 0) is 13.0 Å². The minimum Gasteiger partial charge on any atom is -0.842 e. The molecule has 1 aromatic carbocycles. The third-order valence-electron chi connectivity index (χ3n) is 4.95. The molecule has 1 aliphatic heterocycles. The summed E-state index contributed by atoms with van der Waals surface area (Å²) in [5.41, 5.74) is 1.57. The van der Waals surface area contributed by atoms with E-state index >= 15 is 0 Å². The Morgan fingerprint density at radius 1 is 1.27 bits per heavy atom. The standard InChI is InChI=1S/C20H18ClN3O2/c1-2-23-17-11-9-15(14-8-10-16(21)22-12-14)24(17)20(26)18(19(23)25)13-6-4-3-5-7-13/h3-8,10,12,15H,2,9,11H2,1H3. The van der Waals surface area contributed by atoms with Crippen molar-refractivity contribution in [3.63, 3.8) is 0 Å². The molecule has 6 heteroatoms. The summed E-state index contributed by atoms with van der Waals surface area (Å²) in [5, 5.41) is 13.4. The van der Waals surface area contributed by atoms with Crippen molar-refractivity contribution in [3.05, 3.63) is 75.6 Å². The van der Waals surface area contributed by atoms with Gasteiger partial charge in [0.05, 0.1) is 18.8 Å². The van der Waals surface area contributed by atoms with Gasteiger partial charge in [0, 0.05) is 18.2 Å². The number of halogens is 1. The number of aromatic nitrogens is 3. The molecule has 0 saturated carbocycles. The van der Waals surface area contributed by atoms with Crippen LogP contribution in [0.3, 0.4) is 0 Å². The summed E-state index contributed by atoms with van der Waals surface area (Å²) >= 11 is 5.90. The molecule has 0 aliphatic carbocycles. The van der Waals surface area contributed by atoms with Crippen molar-refractivity contribution in [1.29, 1.82) is 0 Å². The van der Waals surface area contributed by atoms with Gasteiger partial charge in [0.1, 0.15) is 16.8 Å². The number of fused-ring (bicyclic) bond motifs is 1. The molecule has 4 rings (SSSR count). The van der Waals surface area contributed by atoms with E-state index in [0.29, 0.717) is 23.7 Å². The van der Waals surface area contributed by atoms with Crippen LogP contribution in [0.25, 0.3) is 11.1 Å². The normalized spacial score (nSPS) is 15.8. The average Bonchev–Trinajstić information content (AvgIpc) is 3.09. The zero-order chi connectivity index (χ0) is 18.3. The van der Waals surface area contributed by atoms with Gasteiger partial charge >= 0.3 is 5.56 Å². The molecule has 1 atom stereocenters. The maximum absolute atomic E-state index is 13.3. The lowest BCUT2D eigenvalue weighted by atomic mass is 10.1. The molecule has 26 heavy (non-hydrogen) atoms. The lowest BCUT2D eigenvalue weighted by molar-refractivity contribution is -0.741. The molecular formula is C20H18ClN3O2. The topological polar surface area (TPSA) is 61.8 Å². The van der Waals surface area contributed by atoms with Gasteiger partial charge in [0.15, 0.2) is 0 Å². The SMILES string of the molecule is CC[n+]1c([O-])c(-c2ccccc2)c(=O)n2c1CCC2c1ccc(Cl)nc1. The molecule has 2 aromatic heterocycles. The molecular weight excluding hydrogens is 350 g/mol. The van der Waals surface area contributed by atoms with E-state index in [2.05, 4.69) is 4.98 Å². The van der Waals surface area contributed by atoms with Gasteiger partial charge in [-0.25, -0.2) is 14.3 Å². The van der Waals surface area contributed by atoms with Crippen LogP contribution in [0.4, 0.5) is 0 Å². The highest BCUT2D eigenvalue weighted by molar-refractivity contribution is 6.29. The highest BCUT2D eigenvalue weighted by atomic mass is 35.5.